The molecule has 1 atom stereocenters. The van der Waals surface area contributed by atoms with E-state index in [2.05, 4.69) is 17.2 Å². The molecule has 1 rings (SSSR count). The van der Waals surface area contributed by atoms with Crippen LogP contribution >= 0.6 is 0 Å². The molecule has 0 aliphatic carbocycles. The summed E-state index contributed by atoms with van der Waals surface area (Å²) < 4.78 is 0. The molecule has 0 aromatic rings. The summed E-state index contributed by atoms with van der Waals surface area (Å²) >= 11 is 0. The molecule has 0 radical (unpaired) electrons. The summed E-state index contributed by atoms with van der Waals surface area (Å²) in [6.45, 7) is 8.53. The molecule has 1 fully saturated rings. The zero-order chi connectivity index (χ0) is 17.9. The lowest BCUT2D eigenvalue weighted by Gasteiger charge is -2.21. The number of amides is 2. The summed E-state index contributed by atoms with van der Waals surface area (Å²) in [5.74, 6) is -0.154. The Hall–Kier alpha value is -2.30. The molecule has 0 saturated carbocycles. The van der Waals surface area contributed by atoms with Crippen molar-refractivity contribution < 1.29 is 9.59 Å². The Bertz CT molecular complexity index is 547. The molecular formula is C19H29N3O2. The summed E-state index contributed by atoms with van der Waals surface area (Å²) in [4.78, 5) is 25.8. The van der Waals surface area contributed by atoms with Crippen LogP contribution in [-0.2, 0) is 9.59 Å². The Morgan fingerprint density at radius 2 is 2.12 bits per heavy atom. The van der Waals surface area contributed by atoms with Crippen LogP contribution in [0.15, 0.2) is 48.2 Å². The van der Waals surface area contributed by atoms with Gasteiger partial charge < -0.3 is 15.5 Å². The van der Waals surface area contributed by atoms with Crippen LogP contribution < -0.4 is 10.6 Å². The van der Waals surface area contributed by atoms with E-state index in [0.717, 1.165) is 30.7 Å². The van der Waals surface area contributed by atoms with Crippen LogP contribution in [0.1, 0.15) is 33.1 Å². The molecule has 2 amide bonds. The Labute approximate surface area is 145 Å². The van der Waals surface area contributed by atoms with E-state index in [9.17, 15) is 9.59 Å². The van der Waals surface area contributed by atoms with Crippen LogP contribution in [0.3, 0.4) is 0 Å². The maximum absolute atomic E-state index is 12.0. The molecule has 0 aromatic heterocycles. The van der Waals surface area contributed by atoms with Crippen molar-refractivity contribution in [1.29, 1.82) is 0 Å². The maximum Gasteiger partial charge on any atom is 0.242 e. The highest BCUT2D eigenvalue weighted by molar-refractivity contribution is 5.85. The molecule has 1 aliphatic rings. The number of nitrogens with one attached hydrogen (secondary N) is 2. The quantitative estimate of drug-likeness (QED) is 0.671. The van der Waals surface area contributed by atoms with E-state index < -0.39 is 0 Å². The van der Waals surface area contributed by atoms with E-state index >= 15 is 0 Å². The molecule has 2 N–H and O–H groups in total. The zero-order valence-electron chi connectivity index (χ0n) is 15.0. The number of likely N-dealkylation sites (N-methyl/N-ethyl adjacent to an activating group) is 1. The lowest BCUT2D eigenvalue weighted by Crippen LogP contribution is -2.41. The fourth-order valence-corrected chi connectivity index (χ4v) is 2.73. The maximum atomic E-state index is 12.0. The van der Waals surface area contributed by atoms with Gasteiger partial charge in [0, 0.05) is 31.8 Å². The largest absolute Gasteiger partial charge is 0.388 e. The fraction of sp³-hybridized carbons (Fsp3) is 0.474. The summed E-state index contributed by atoms with van der Waals surface area (Å²) in [7, 11) is 1.84. The van der Waals surface area contributed by atoms with Crippen molar-refractivity contribution in [1.82, 2.24) is 15.5 Å². The molecule has 5 nitrogen and oxygen atoms in total. The SMILES string of the molecule is C=C\C=C(NC)/C(/C=C\CC(=O)NCC(=O)N1CCC[C@@H]1C)=C\C. The Morgan fingerprint density at radius 3 is 2.67 bits per heavy atom. The standard InChI is InChI=1S/C19H29N3O2/c1-5-9-17(20-4)16(6-2)11-7-12-18(23)21-14-19(24)22-13-8-10-15(22)3/h5-7,9,11,15,20H,1,8,10,12-14H2,2-4H3,(H,21,23)/b11-7-,16-6-,17-9+/t15-/m0/s1. The van der Waals surface area contributed by atoms with E-state index in [1.165, 1.54) is 0 Å². The topological polar surface area (TPSA) is 61.4 Å². The first-order valence-corrected chi connectivity index (χ1v) is 8.43. The van der Waals surface area contributed by atoms with Gasteiger partial charge in [0.1, 0.15) is 0 Å². The van der Waals surface area contributed by atoms with Gasteiger partial charge in [-0.15, -0.1) is 0 Å². The molecule has 0 spiro atoms. The van der Waals surface area contributed by atoms with Gasteiger partial charge in [0.15, 0.2) is 0 Å². The Kier molecular flexibility index (Phi) is 8.61. The molecule has 0 aromatic carbocycles. The summed E-state index contributed by atoms with van der Waals surface area (Å²) in [5, 5.41) is 5.78. The number of carbonyl (C=O) groups is 2. The van der Waals surface area contributed by atoms with Gasteiger partial charge in [-0.1, -0.05) is 30.9 Å². The van der Waals surface area contributed by atoms with Gasteiger partial charge in [0.05, 0.1) is 6.54 Å². The van der Waals surface area contributed by atoms with Crippen molar-refractivity contribution in [3.63, 3.8) is 0 Å². The molecule has 132 valence electrons. The normalized spacial score (nSPS) is 18.8. The number of allylic oxidation sites excluding steroid dienone is 4. The molecule has 0 bridgehead atoms. The Morgan fingerprint density at radius 1 is 1.38 bits per heavy atom. The third-order valence-electron chi connectivity index (χ3n) is 4.09. The number of hydrogen-bond donors (Lipinski definition) is 2. The van der Waals surface area contributed by atoms with Gasteiger partial charge >= 0.3 is 0 Å². The minimum absolute atomic E-state index is 0.00198. The van der Waals surface area contributed by atoms with Gasteiger partial charge in [0.2, 0.25) is 11.8 Å². The average Bonchev–Trinajstić information content (AvgIpc) is 3.01. The van der Waals surface area contributed by atoms with Gasteiger partial charge in [-0.05, 0) is 38.3 Å². The smallest absolute Gasteiger partial charge is 0.242 e. The second-order valence-electron chi connectivity index (χ2n) is 5.77. The zero-order valence-corrected chi connectivity index (χ0v) is 15.0. The first-order valence-electron chi connectivity index (χ1n) is 8.43. The van der Waals surface area contributed by atoms with Crippen molar-refractivity contribution in [2.24, 2.45) is 0 Å². The van der Waals surface area contributed by atoms with Gasteiger partial charge in [0.25, 0.3) is 0 Å². The number of nitrogens with zero attached hydrogens (tertiary/aromatic N) is 1. The first kappa shape index (κ1) is 19.7. The van der Waals surface area contributed by atoms with Crippen LogP contribution in [0, 0.1) is 0 Å². The van der Waals surface area contributed by atoms with E-state index in [4.69, 9.17) is 0 Å². The molecule has 1 heterocycles. The van der Waals surface area contributed by atoms with Crippen molar-refractivity contribution in [2.75, 3.05) is 20.1 Å². The molecule has 24 heavy (non-hydrogen) atoms. The predicted molar refractivity (Wildman–Crippen MR) is 98.3 cm³/mol. The fourth-order valence-electron chi connectivity index (χ4n) is 2.73. The average molecular weight is 331 g/mol. The number of likely N-dealkylation sites (tertiary alicyclic amines) is 1. The van der Waals surface area contributed by atoms with Gasteiger partial charge in [-0.25, -0.2) is 0 Å². The second kappa shape index (κ2) is 10.5. The molecule has 1 saturated heterocycles. The summed E-state index contributed by atoms with van der Waals surface area (Å²) in [6, 6.07) is 0.281. The van der Waals surface area contributed by atoms with E-state index in [1.54, 1.807) is 12.2 Å². The predicted octanol–water partition coefficient (Wildman–Crippen LogP) is 2.30. The molecular weight excluding hydrogens is 302 g/mol. The van der Waals surface area contributed by atoms with Crippen LogP contribution in [0.5, 0.6) is 0 Å². The molecule has 5 heteroatoms. The van der Waals surface area contributed by atoms with E-state index in [0.29, 0.717) is 0 Å². The van der Waals surface area contributed by atoms with Gasteiger partial charge in [-0.3, -0.25) is 9.59 Å². The van der Waals surface area contributed by atoms with Crippen molar-refractivity contribution in [2.45, 2.75) is 39.2 Å². The second-order valence-corrected chi connectivity index (χ2v) is 5.77. The molecule has 1 aliphatic heterocycles. The highest BCUT2D eigenvalue weighted by atomic mass is 16.2. The van der Waals surface area contributed by atoms with E-state index in [1.807, 2.05) is 44.0 Å². The minimum atomic E-state index is -0.152. The third-order valence-corrected chi connectivity index (χ3v) is 4.09. The van der Waals surface area contributed by atoms with Crippen molar-refractivity contribution in [3.05, 3.63) is 48.2 Å². The number of rotatable bonds is 8. The van der Waals surface area contributed by atoms with Gasteiger partial charge in [-0.2, -0.15) is 0 Å². The third kappa shape index (κ3) is 6.07. The van der Waals surface area contributed by atoms with Crippen LogP contribution in [0.4, 0.5) is 0 Å². The highest BCUT2D eigenvalue weighted by Crippen LogP contribution is 2.15. The Balaban J connectivity index is 2.43. The number of carbonyl (C=O) groups excluding carboxylic acids is 2. The minimum Gasteiger partial charge on any atom is -0.388 e. The van der Waals surface area contributed by atoms with Crippen molar-refractivity contribution >= 4 is 11.8 Å². The van der Waals surface area contributed by atoms with Crippen LogP contribution in [0.25, 0.3) is 0 Å². The lowest BCUT2D eigenvalue weighted by molar-refractivity contribution is -0.133. The molecule has 0 unspecified atom stereocenters. The summed E-state index contributed by atoms with van der Waals surface area (Å²) in [5.41, 5.74) is 1.91. The van der Waals surface area contributed by atoms with Crippen molar-refractivity contribution in [3.8, 4) is 0 Å². The van der Waals surface area contributed by atoms with Crippen LogP contribution in [0.2, 0.25) is 0 Å². The number of hydrogen-bond acceptors (Lipinski definition) is 3. The monoisotopic (exact) mass is 331 g/mol. The first-order chi connectivity index (χ1) is 11.5. The lowest BCUT2D eigenvalue weighted by atomic mass is 10.1. The van der Waals surface area contributed by atoms with E-state index in [-0.39, 0.29) is 30.8 Å². The highest BCUT2D eigenvalue weighted by Gasteiger charge is 2.24. The summed E-state index contributed by atoms with van der Waals surface area (Å²) in [6.07, 6.45) is 11.5. The van der Waals surface area contributed by atoms with Crippen LogP contribution in [-0.4, -0.2) is 42.9 Å².